The highest BCUT2D eigenvalue weighted by atomic mass is 16.1. The van der Waals surface area contributed by atoms with E-state index in [1.807, 2.05) is 0 Å². The van der Waals surface area contributed by atoms with E-state index < -0.39 is 0 Å². The number of ketones is 1. The summed E-state index contributed by atoms with van der Waals surface area (Å²) in [5.74, 6) is 0.267. The van der Waals surface area contributed by atoms with Gasteiger partial charge in [-0.3, -0.25) is 9.48 Å². The van der Waals surface area contributed by atoms with Crippen LogP contribution in [0.3, 0.4) is 0 Å². The molecule has 0 aliphatic rings. The number of aromatic nitrogens is 3. The molecule has 0 saturated carbocycles. The van der Waals surface area contributed by atoms with Crippen LogP contribution in [0.2, 0.25) is 0 Å². The summed E-state index contributed by atoms with van der Waals surface area (Å²) < 4.78 is 1.57. The van der Waals surface area contributed by atoms with Crippen molar-refractivity contribution in [3.05, 3.63) is 11.9 Å². The van der Waals surface area contributed by atoms with Gasteiger partial charge in [0.25, 0.3) is 0 Å². The number of hydrogen-bond acceptors (Lipinski definition) is 3. The van der Waals surface area contributed by atoms with Gasteiger partial charge in [0.1, 0.15) is 5.69 Å². The van der Waals surface area contributed by atoms with E-state index in [9.17, 15) is 4.79 Å². The second kappa shape index (κ2) is 5.63. The summed E-state index contributed by atoms with van der Waals surface area (Å²) in [5, 5.41) is 7.65. The largest absolute Gasteiger partial charge is 0.292 e. The molecule has 1 aromatic rings. The van der Waals surface area contributed by atoms with E-state index in [1.54, 1.807) is 17.9 Å². The van der Waals surface area contributed by atoms with Crippen molar-refractivity contribution < 1.29 is 4.79 Å². The summed E-state index contributed by atoms with van der Waals surface area (Å²) in [6, 6.07) is 0. The summed E-state index contributed by atoms with van der Waals surface area (Å²) in [7, 11) is 1.78. The highest BCUT2D eigenvalue weighted by Crippen LogP contribution is 2.17. The van der Waals surface area contributed by atoms with Crippen molar-refractivity contribution in [2.45, 2.75) is 39.5 Å². The van der Waals surface area contributed by atoms with Gasteiger partial charge in [-0.1, -0.05) is 31.9 Å². The van der Waals surface area contributed by atoms with Crippen molar-refractivity contribution in [2.75, 3.05) is 0 Å². The fourth-order valence-electron chi connectivity index (χ4n) is 1.77. The number of carbonyl (C=O) groups is 1. The van der Waals surface area contributed by atoms with Crippen molar-refractivity contribution in [1.82, 2.24) is 15.0 Å². The zero-order valence-corrected chi connectivity index (χ0v) is 9.73. The molecule has 0 saturated heterocycles. The SMILES string of the molecule is CCCC(CCC)C(=O)c1cn(C)nn1. The number of nitrogens with zero attached hydrogens (tertiary/aromatic N) is 3. The normalized spacial score (nSPS) is 10.9. The summed E-state index contributed by atoms with van der Waals surface area (Å²) in [4.78, 5) is 12.0. The smallest absolute Gasteiger partial charge is 0.187 e. The Hall–Kier alpha value is -1.19. The fourth-order valence-corrected chi connectivity index (χ4v) is 1.77. The van der Waals surface area contributed by atoms with Crippen LogP contribution < -0.4 is 0 Å². The Morgan fingerprint density at radius 3 is 2.40 bits per heavy atom. The highest BCUT2D eigenvalue weighted by Gasteiger charge is 2.20. The second-order valence-corrected chi connectivity index (χ2v) is 3.92. The van der Waals surface area contributed by atoms with Gasteiger partial charge in [-0.15, -0.1) is 5.10 Å². The minimum absolute atomic E-state index is 0.122. The monoisotopic (exact) mass is 209 g/mol. The molecule has 15 heavy (non-hydrogen) atoms. The quantitative estimate of drug-likeness (QED) is 0.675. The van der Waals surface area contributed by atoms with Crippen molar-refractivity contribution in [3.8, 4) is 0 Å². The number of aryl methyl sites for hydroxylation is 1. The zero-order valence-electron chi connectivity index (χ0n) is 9.73. The molecule has 1 rings (SSSR count). The summed E-state index contributed by atoms with van der Waals surface area (Å²) in [6.45, 7) is 4.21. The second-order valence-electron chi connectivity index (χ2n) is 3.92. The minimum Gasteiger partial charge on any atom is -0.292 e. The molecule has 4 nitrogen and oxygen atoms in total. The Morgan fingerprint density at radius 2 is 2.00 bits per heavy atom. The Labute approximate surface area is 90.7 Å². The van der Waals surface area contributed by atoms with Gasteiger partial charge in [0.2, 0.25) is 0 Å². The van der Waals surface area contributed by atoms with Crippen LogP contribution in [0.15, 0.2) is 6.20 Å². The first kappa shape index (κ1) is 11.9. The van der Waals surface area contributed by atoms with E-state index in [-0.39, 0.29) is 11.7 Å². The van der Waals surface area contributed by atoms with Crippen LogP contribution in [0.4, 0.5) is 0 Å². The standard InChI is InChI=1S/C11H19N3O/c1-4-6-9(7-5-2)11(15)10-8-14(3)13-12-10/h8-9H,4-7H2,1-3H3. The van der Waals surface area contributed by atoms with Crippen LogP contribution in [0, 0.1) is 5.92 Å². The molecule has 0 radical (unpaired) electrons. The molecule has 1 aromatic heterocycles. The number of hydrogen-bond donors (Lipinski definition) is 0. The van der Waals surface area contributed by atoms with E-state index in [0.717, 1.165) is 25.7 Å². The van der Waals surface area contributed by atoms with Crippen molar-refractivity contribution in [3.63, 3.8) is 0 Å². The van der Waals surface area contributed by atoms with Gasteiger partial charge in [-0.2, -0.15) is 0 Å². The first-order valence-corrected chi connectivity index (χ1v) is 5.59. The van der Waals surface area contributed by atoms with Crippen molar-refractivity contribution in [1.29, 1.82) is 0 Å². The summed E-state index contributed by atoms with van der Waals surface area (Å²) in [6.07, 6.45) is 5.67. The molecule has 0 amide bonds. The van der Waals surface area contributed by atoms with Crippen molar-refractivity contribution >= 4 is 5.78 Å². The van der Waals surface area contributed by atoms with Gasteiger partial charge in [0, 0.05) is 13.0 Å². The zero-order chi connectivity index (χ0) is 11.3. The van der Waals surface area contributed by atoms with Gasteiger partial charge in [-0.25, -0.2) is 0 Å². The van der Waals surface area contributed by atoms with Gasteiger partial charge in [-0.05, 0) is 12.8 Å². The first-order valence-electron chi connectivity index (χ1n) is 5.59. The van der Waals surface area contributed by atoms with Crippen LogP contribution in [0.1, 0.15) is 50.0 Å². The highest BCUT2D eigenvalue weighted by molar-refractivity contribution is 5.95. The van der Waals surface area contributed by atoms with E-state index in [1.165, 1.54) is 0 Å². The molecule has 0 N–H and O–H groups in total. The van der Waals surface area contributed by atoms with Crippen LogP contribution in [-0.4, -0.2) is 20.8 Å². The van der Waals surface area contributed by atoms with Gasteiger partial charge >= 0.3 is 0 Å². The molecule has 0 unspecified atom stereocenters. The van der Waals surface area contributed by atoms with Crippen molar-refractivity contribution in [2.24, 2.45) is 13.0 Å². The Morgan fingerprint density at radius 1 is 1.40 bits per heavy atom. The molecule has 0 atom stereocenters. The Bertz CT molecular complexity index is 313. The van der Waals surface area contributed by atoms with Crippen LogP contribution in [0.25, 0.3) is 0 Å². The van der Waals surface area contributed by atoms with E-state index in [4.69, 9.17) is 0 Å². The molecule has 0 fully saturated rings. The van der Waals surface area contributed by atoms with E-state index in [0.29, 0.717) is 5.69 Å². The van der Waals surface area contributed by atoms with Gasteiger partial charge < -0.3 is 0 Å². The third kappa shape index (κ3) is 3.15. The molecule has 4 heteroatoms. The Kier molecular flexibility index (Phi) is 4.46. The molecule has 0 aliphatic carbocycles. The number of carbonyl (C=O) groups excluding carboxylic acids is 1. The molecule has 0 aromatic carbocycles. The lowest BCUT2D eigenvalue weighted by atomic mass is 9.92. The summed E-state index contributed by atoms with van der Waals surface area (Å²) >= 11 is 0. The number of rotatable bonds is 6. The fraction of sp³-hybridized carbons (Fsp3) is 0.727. The molecule has 0 aliphatic heterocycles. The maximum Gasteiger partial charge on any atom is 0.187 e. The van der Waals surface area contributed by atoms with Crippen LogP contribution in [0.5, 0.6) is 0 Å². The van der Waals surface area contributed by atoms with E-state index in [2.05, 4.69) is 24.2 Å². The molecule has 84 valence electrons. The maximum absolute atomic E-state index is 12.0. The van der Waals surface area contributed by atoms with Crippen LogP contribution >= 0.6 is 0 Å². The Balaban J connectivity index is 2.71. The minimum atomic E-state index is 0.122. The summed E-state index contributed by atoms with van der Waals surface area (Å²) in [5.41, 5.74) is 0.504. The molecule has 1 heterocycles. The lowest BCUT2D eigenvalue weighted by Gasteiger charge is -2.11. The van der Waals surface area contributed by atoms with Crippen LogP contribution in [-0.2, 0) is 7.05 Å². The lowest BCUT2D eigenvalue weighted by Crippen LogP contribution is -2.15. The molecule has 0 spiro atoms. The molecular formula is C11H19N3O. The third-order valence-corrected chi connectivity index (χ3v) is 2.50. The molecule has 0 bridgehead atoms. The van der Waals surface area contributed by atoms with Gasteiger partial charge in [0.15, 0.2) is 5.78 Å². The predicted octanol–water partition coefficient (Wildman–Crippen LogP) is 2.21. The van der Waals surface area contributed by atoms with E-state index >= 15 is 0 Å². The predicted molar refractivity (Wildman–Crippen MR) is 58.6 cm³/mol. The topological polar surface area (TPSA) is 47.8 Å². The average molecular weight is 209 g/mol. The first-order chi connectivity index (χ1) is 7.19. The third-order valence-electron chi connectivity index (χ3n) is 2.50. The lowest BCUT2D eigenvalue weighted by molar-refractivity contribution is 0.0899. The average Bonchev–Trinajstić information content (AvgIpc) is 2.63. The number of Topliss-reactive ketones (excluding diaryl/α,β-unsaturated/α-hetero) is 1. The molecular weight excluding hydrogens is 190 g/mol. The van der Waals surface area contributed by atoms with Gasteiger partial charge in [0.05, 0.1) is 6.20 Å². The maximum atomic E-state index is 12.0.